The van der Waals surface area contributed by atoms with E-state index in [-0.39, 0.29) is 5.91 Å². The van der Waals surface area contributed by atoms with Crippen LogP contribution in [0.15, 0.2) is 60.7 Å². The predicted octanol–water partition coefficient (Wildman–Crippen LogP) is 5.03. The number of hydrogen-bond acceptors (Lipinski definition) is 4. The van der Waals surface area contributed by atoms with Crippen LogP contribution in [0.25, 0.3) is 15.9 Å². The molecule has 28 heavy (non-hydrogen) atoms. The van der Waals surface area contributed by atoms with Crippen molar-refractivity contribution < 1.29 is 4.79 Å². The predicted molar refractivity (Wildman–Crippen MR) is 113 cm³/mol. The Balaban J connectivity index is 1.58. The highest BCUT2D eigenvalue weighted by atomic mass is 32.1. The number of aromatic nitrogens is 3. The summed E-state index contributed by atoms with van der Waals surface area (Å²) in [5.74, 6) is 0.416. The van der Waals surface area contributed by atoms with Gasteiger partial charge in [-0.1, -0.05) is 41.7 Å². The van der Waals surface area contributed by atoms with Crippen LogP contribution in [-0.4, -0.2) is 27.2 Å². The Morgan fingerprint density at radius 3 is 2.61 bits per heavy atom. The molecular formula is C22H20N4OS. The van der Waals surface area contributed by atoms with Crippen LogP contribution in [0.1, 0.15) is 41.9 Å². The lowest BCUT2D eigenvalue weighted by atomic mass is 10.2. The number of fused-ring (bicyclic) bond motifs is 1. The number of rotatable bonds is 5. The second-order valence-electron chi connectivity index (χ2n) is 6.99. The topological polar surface area (TPSA) is 51.0 Å². The van der Waals surface area contributed by atoms with Gasteiger partial charge in [-0.2, -0.15) is 5.10 Å². The molecule has 0 unspecified atom stereocenters. The lowest BCUT2D eigenvalue weighted by Gasteiger charge is -2.18. The number of nitrogens with zero attached hydrogens (tertiary/aromatic N) is 4. The zero-order valence-electron chi connectivity index (χ0n) is 15.6. The Morgan fingerprint density at radius 2 is 1.89 bits per heavy atom. The molecule has 1 aliphatic rings. The van der Waals surface area contributed by atoms with E-state index in [1.807, 2.05) is 67.6 Å². The van der Waals surface area contributed by atoms with Gasteiger partial charge in [-0.15, -0.1) is 0 Å². The molecular weight excluding hydrogens is 368 g/mol. The summed E-state index contributed by atoms with van der Waals surface area (Å²) in [6.45, 7) is 2.53. The third kappa shape index (κ3) is 2.99. The van der Waals surface area contributed by atoms with Crippen LogP contribution in [0.4, 0.5) is 5.13 Å². The van der Waals surface area contributed by atoms with Crippen molar-refractivity contribution in [2.24, 2.45) is 0 Å². The fourth-order valence-electron chi connectivity index (χ4n) is 3.38. The summed E-state index contributed by atoms with van der Waals surface area (Å²) in [6, 6.07) is 19.8. The van der Waals surface area contributed by atoms with Crippen molar-refractivity contribution in [1.82, 2.24) is 14.8 Å². The first-order valence-corrected chi connectivity index (χ1v) is 10.4. The van der Waals surface area contributed by atoms with E-state index in [0.29, 0.717) is 18.2 Å². The minimum atomic E-state index is -0.0650. The first-order valence-electron chi connectivity index (χ1n) is 9.57. The van der Waals surface area contributed by atoms with Crippen LogP contribution in [-0.2, 0) is 0 Å². The largest absolute Gasteiger partial charge is 0.283 e. The highest BCUT2D eigenvalue weighted by molar-refractivity contribution is 7.22. The van der Waals surface area contributed by atoms with Crippen LogP contribution in [0.2, 0.25) is 0 Å². The minimum Gasteiger partial charge on any atom is -0.283 e. The average molecular weight is 388 g/mol. The molecule has 5 nitrogen and oxygen atoms in total. The maximum atomic E-state index is 13.5. The number of carbonyl (C=O) groups excluding carboxylic acids is 1. The van der Waals surface area contributed by atoms with Crippen LogP contribution >= 0.6 is 11.3 Å². The summed E-state index contributed by atoms with van der Waals surface area (Å²) in [5.41, 5.74) is 3.42. The van der Waals surface area contributed by atoms with E-state index < -0.39 is 0 Å². The van der Waals surface area contributed by atoms with Gasteiger partial charge >= 0.3 is 0 Å². The standard InChI is InChI=1S/C22H20N4OS/c1-2-25(22-23-17-10-6-7-11-20(17)28-22)21(27)19-14-18(15-12-13-15)24-26(19)16-8-4-3-5-9-16/h3-11,14-15H,2,12-13H2,1H3. The SMILES string of the molecule is CCN(C(=O)c1cc(C2CC2)nn1-c1ccccc1)c1nc2ccccc2s1. The maximum Gasteiger partial charge on any atom is 0.278 e. The van der Waals surface area contributed by atoms with E-state index in [0.717, 1.165) is 39.6 Å². The summed E-state index contributed by atoms with van der Waals surface area (Å²) >= 11 is 1.54. The molecule has 0 saturated heterocycles. The van der Waals surface area contributed by atoms with Gasteiger partial charge in [0.05, 0.1) is 21.6 Å². The first-order chi connectivity index (χ1) is 13.7. The molecule has 1 amide bonds. The maximum absolute atomic E-state index is 13.5. The first kappa shape index (κ1) is 17.1. The summed E-state index contributed by atoms with van der Waals surface area (Å²) in [5, 5.41) is 5.49. The molecule has 0 spiro atoms. The fraction of sp³-hybridized carbons (Fsp3) is 0.227. The number of hydrogen-bond donors (Lipinski definition) is 0. The number of thiazole rings is 1. The average Bonchev–Trinajstić information content (AvgIpc) is 3.34. The zero-order valence-corrected chi connectivity index (χ0v) is 16.4. The van der Waals surface area contributed by atoms with Gasteiger partial charge in [0.2, 0.25) is 0 Å². The van der Waals surface area contributed by atoms with E-state index in [9.17, 15) is 4.79 Å². The fourth-order valence-corrected chi connectivity index (χ4v) is 4.40. The second kappa shape index (κ2) is 6.87. The van der Waals surface area contributed by atoms with Crippen molar-refractivity contribution in [1.29, 1.82) is 0 Å². The Labute approximate surface area is 167 Å². The van der Waals surface area contributed by atoms with Crippen molar-refractivity contribution in [3.05, 3.63) is 72.1 Å². The molecule has 1 saturated carbocycles. The van der Waals surface area contributed by atoms with Gasteiger partial charge < -0.3 is 0 Å². The Kier molecular flexibility index (Phi) is 4.20. The molecule has 2 aromatic heterocycles. The molecule has 6 heteroatoms. The molecule has 0 aliphatic heterocycles. The van der Waals surface area contributed by atoms with Crippen molar-refractivity contribution in [3.8, 4) is 5.69 Å². The van der Waals surface area contributed by atoms with Gasteiger partial charge in [0.15, 0.2) is 5.13 Å². The van der Waals surface area contributed by atoms with Crippen LogP contribution in [0.3, 0.4) is 0 Å². The number of para-hydroxylation sites is 2. The van der Waals surface area contributed by atoms with E-state index in [4.69, 9.17) is 5.10 Å². The highest BCUT2D eigenvalue weighted by Crippen LogP contribution is 2.40. The van der Waals surface area contributed by atoms with Crippen LogP contribution in [0, 0.1) is 0 Å². The van der Waals surface area contributed by atoms with E-state index in [1.54, 1.807) is 20.9 Å². The number of anilines is 1. The molecule has 2 heterocycles. The lowest BCUT2D eigenvalue weighted by molar-refractivity contribution is 0.0981. The van der Waals surface area contributed by atoms with E-state index in [1.165, 1.54) is 0 Å². The molecule has 0 radical (unpaired) electrons. The minimum absolute atomic E-state index is 0.0650. The molecule has 1 fully saturated rings. The molecule has 0 bridgehead atoms. The van der Waals surface area contributed by atoms with Gasteiger partial charge in [-0.05, 0) is 50.1 Å². The summed E-state index contributed by atoms with van der Waals surface area (Å²) < 4.78 is 2.87. The Hall–Kier alpha value is -2.99. The monoisotopic (exact) mass is 388 g/mol. The van der Waals surface area contributed by atoms with E-state index >= 15 is 0 Å². The number of carbonyl (C=O) groups is 1. The third-order valence-corrected chi connectivity index (χ3v) is 6.08. The van der Waals surface area contributed by atoms with Gasteiger partial charge in [0.25, 0.3) is 5.91 Å². The molecule has 5 rings (SSSR count). The Bertz CT molecular complexity index is 1110. The molecule has 0 N–H and O–H groups in total. The van der Waals surface area contributed by atoms with E-state index in [2.05, 4.69) is 4.98 Å². The van der Waals surface area contributed by atoms with Crippen molar-refractivity contribution in [2.45, 2.75) is 25.7 Å². The van der Waals surface area contributed by atoms with Crippen molar-refractivity contribution >= 4 is 32.6 Å². The number of benzene rings is 2. The summed E-state index contributed by atoms with van der Waals surface area (Å²) in [4.78, 5) is 20.0. The Morgan fingerprint density at radius 1 is 1.14 bits per heavy atom. The second-order valence-corrected chi connectivity index (χ2v) is 8.00. The van der Waals surface area contributed by atoms with Gasteiger partial charge in [-0.3, -0.25) is 9.69 Å². The van der Waals surface area contributed by atoms with Gasteiger partial charge in [0, 0.05) is 12.5 Å². The molecule has 1 aliphatic carbocycles. The molecule has 0 atom stereocenters. The smallest absolute Gasteiger partial charge is 0.278 e. The highest BCUT2D eigenvalue weighted by Gasteiger charge is 2.31. The lowest BCUT2D eigenvalue weighted by Crippen LogP contribution is -2.32. The van der Waals surface area contributed by atoms with Gasteiger partial charge in [0.1, 0.15) is 5.69 Å². The molecule has 2 aromatic carbocycles. The molecule has 140 valence electrons. The van der Waals surface area contributed by atoms with Crippen LogP contribution in [0.5, 0.6) is 0 Å². The summed E-state index contributed by atoms with van der Waals surface area (Å²) in [6.07, 6.45) is 2.30. The third-order valence-electron chi connectivity index (χ3n) is 5.02. The van der Waals surface area contributed by atoms with Crippen molar-refractivity contribution in [3.63, 3.8) is 0 Å². The number of amides is 1. The quantitative estimate of drug-likeness (QED) is 0.482. The van der Waals surface area contributed by atoms with Gasteiger partial charge in [-0.25, -0.2) is 9.67 Å². The normalized spacial score (nSPS) is 13.8. The molecule has 4 aromatic rings. The van der Waals surface area contributed by atoms with Crippen molar-refractivity contribution in [2.75, 3.05) is 11.4 Å². The van der Waals surface area contributed by atoms with Crippen LogP contribution < -0.4 is 4.90 Å². The zero-order chi connectivity index (χ0) is 19.1. The summed E-state index contributed by atoms with van der Waals surface area (Å²) in [7, 11) is 0.